The molecule has 2 aromatic rings. The third-order valence-electron chi connectivity index (χ3n) is 4.26. The molecular formula is C17H22ClN3O2S. The predicted molar refractivity (Wildman–Crippen MR) is 99.8 cm³/mol. The van der Waals surface area contributed by atoms with Crippen molar-refractivity contribution in [2.45, 2.75) is 12.8 Å². The van der Waals surface area contributed by atoms with Crippen LogP contribution in [0.2, 0.25) is 0 Å². The van der Waals surface area contributed by atoms with E-state index in [2.05, 4.69) is 15.6 Å². The summed E-state index contributed by atoms with van der Waals surface area (Å²) in [6.07, 6.45) is 1.56. The molecule has 0 unspecified atom stereocenters. The number of thiazole rings is 1. The molecule has 1 saturated heterocycles. The summed E-state index contributed by atoms with van der Waals surface area (Å²) in [4.78, 5) is 17.3. The standard InChI is InChI=1S/C17H21N3O2S.ClH/c1-22-12-17(7-9-18-10-8-17)15(21)20-16-19-14(11-23-16)13-5-3-2-4-6-13;/h2-6,11,18H,7-10,12H2,1H3,(H,19,20,21);1H. The van der Waals surface area contributed by atoms with Crippen molar-refractivity contribution in [3.05, 3.63) is 35.7 Å². The minimum absolute atomic E-state index is 0. The Balaban J connectivity index is 0.00000208. The van der Waals surface area contributed by atoms with Crippen molar-refractivity contribution in [1.29, 1.82) is 0 Å². The second kappa shape index (κ2) is 8.58. The van der Waals surface area contributed by atoms with Crippen molar-refractivity contribution in [1.82, 2.24) is 10.3 Å². The van der Waals surface area contributed by atoms with Gasteiger partial charge in [0.1, 0.15) is 0 Å². The first-order valence-electron chi connectivity index (χ1n) is 7.76. The molecule has 0 aliphatic carbocycles. The molecule has 0 atom stereocenters. The van der Waals surface area contributed by atoms with Gasteiger partial charge in [-0.05, 0) is 25.9 Å². The number of hydrogen-bond acceptors (Lipinski definition) is 5. The summed E-state index contributed by atoms with van der Waals surface area (Å²) in [5, 5.41) is 8.89. The van der Waals surface area contributed by atoms with Crippen molar-refractivity contribution < 1.29 is 9.53 Å². The highest BCUT2D eigenvalue weighted by Gasteiger charge is 2.40. The molecule has 0 spiro atoms. The highest BCUT2D eigenvalue weighted by molar-refractivity contribution is 7.14. The van der Waals surface area contributed by atoms with Gasteiger partial charge in [-0.2, -0.15) is 0 Å². The highest BCUT2D eigenvalue weighted by atomic mass is 35.5. The van der Waals surface area contributed by atoms with Crippen LogP contribution in [0.5, 0.6) is 0 Å². The fraction of sp³-hybridized carbons (Fsp3) is 0.412. The topological polar surface area (TPSA) is 63.2 Å². The molecule has 1 aliphatic heterocycles. The van der Waals surface area contributed by atoms with Crippen molar-refractivity contribution in [3.8, 4) is 11.3 Å². The number of ether oxygens (including phenoxy) is 1. The van der Waals surface area contributed by atoms with E-state index in [1.54, 1.807) is 7.11 Å². The largest absolute Gasteiger partial charge is 0.384 e. The van der Waals surface area contributed by atoms with Gasteiger partial charge in [-0.15, -0.1) is 23.7 Å². The molecule has 130 valence electrons. The second-order valence-corrected chi connectivity index (χ2v) is 6.68. The molecule has 3 rings (SSSR count). The zero-order valence-electron chi connectivity index (χ0n) is 13.6. The molecule has 1 aliphatic rings. The molecule has 0 radical (unpaired) electrons. The van der Waals surface area contributed by atoms with Crippen LogP contribution in [-0.2, 0) is 9.53 Å². The first-order valence-corrected chi connectivity index (χ1v) is 8.63. The van der Waals surface area contributed by atoms with Crippen LogP contribution < -0.4 is 10.6 Å². The van der Waals surface area contributed by atoms with Crippen LogP contribution >= 0.6 is 23.7 Å². The quantitative estimate of drug-likeness (QED) is 0.851. The Labute approximate surface area is 152 Å². The number of methoxy groups -OCH3 is 1. The Morgan fingerprint density at radius 3 is 2.71 bits per heavy atom. The van der Waals surface area contributed by atoms with E-state index in [1.165, 1.54) is 11.3 Å². The van der Waals surface area contributed by atoms with Crippen LogP contribution in [-0.4, -0.2) is 37.7 Å². The van der Waals surface area contributed by atoms with E-state index < -0.39 is 5.41 Å². The first-order chi connectivity index (χ1) is 11.2. The molecule has 5 nitrogen and oxygen atoms in total. The summed E-state index contributed by atoms with van der Waals surface area (Å²) >= 11 is 1.45. The number of anilines is 1. The maximum Gasteiger partial charge on any atom is 0.234 e. The number of nitrogens with one attached hydrogen (secondary N) is 2. The van der Waals surface area contributed by atoms with E-state index in [0.717, 1.165) is 37.2 Å². The Kier molecular flexibility index (Phi) is 6.74. The Hall–Kier alpha value is -1.47. The molecular weight excluding hydrogens is 346 g/mol. The van der Waals surface area contributed by atoms with Crippen molar-refractivity contribution in [3.63, 3.8) is 0 Å². The number of rotatable bonds is 5. The maximum atomic E-state index is 12.8. The van der Waals surface area contributed by atoms with E-state index in [0.29, 0.717) is 11.7 Å². The molecule has 1 aromatic carbocycles. The molecule has 24 heavy (non-hydrogen) atoms. The maximum absolute atomic E-state index is 12.8. The van der Waals surface area contributed by atoms with E-state index in [1.807, 2.05) is 35.7 Å². The number of amides is 1. The SMILES string of the molecule is COCC1(C(=O)Nc2nc(-c3ccccc3)cs2)CCNCC1.Cl. The molecule has 1 amide bonds. The van der Waals surface area contributed by atoms with Crippen LogP contribution in [0.1, 0.15) is 12.8 Å². The van der Waals surface area contributed by atoms with Crippen LogP contribution in [0, 0.1) is 5.41 Å². The van der Waals surface area contributed by atoms with Gasteiger partial charge in [0, 0.05) is 18.1 Å². The Morgan fingerprint density at radius 1 is 1.33 bits per heavy atom. The first kappa shape index (κ1) is 18.9. The number of halogens is 1. The van der Waals surface area contributed by atoms with Gasteiger partial charge in [0.25, 0.3) is 0 Å². The van der Waals surface area contributed by atoms with E-state index >= 15 is 0 Å². The van der Waals surface area contributed by atoms with Crippen LogP contribution in [0.4, 0.5) is 5.13 Å². The number of hydrogen-bond donors (Lipinski definition) is 2. The van der Waals surface area contributed by atoms with Gasteiger partial charge in [0.2, 0.25) is 5.91 Å². The average Bonchev–Trinajstić information content (AvgIpc) is 3.05. The Bertz CT molecular complexity index is 651. The van der Waals surface area contributed by atoms with E-state index in [4.69, 9.17) is 4.74 Å². The fourth-order valence-corrected chi connectivity index (χ4v) is 3.64. The van der Waals surface area contributed by atoms with Gasteiger partial charge in [-0.3, -0.25) is 4.79 Å². The number of piperidine rings is 1. The summed E-state index contributed by atoms with van der Waals surface area (Å²) in [7, 11) is 1.65. The molecule has 1 fully saturated rings. The monoisotopic (exact) mass is 367 g/mol. The van der Waals surface area contributed by atoms with E-state index in [-0.39, 0.29) is 18.3 Å². The third-order valence-corrected chi connectivity index (χ3v) is 5.01. The molecule has 7 heteroatoms. The van der Waals surface area contributed by atoms with Gasteiger partial charge in [-0.1, -0.05) is 30.3 Å². The normalized spacial score (nSPS) is 16.2. The van der Waals surface area contributed by atoms with Gasteiger partial charge in [0.05, 0.1) is 17.7 Å². The second-order valence-electron chi connectivity index (χ2n) is 5.82. The summed E-state index contributed by atoms with van der Waals surface area (Å²) in [6.45, 7) is 2.12. The van der Waals surface area contributed by atoms with Gasteiger partial charge in [0.15, 0.2) is 5.13 Å². The Morgan fingerprint density at radius 2 is 2.04 bits per heavy atom. The zero-order chi connectivity index (χ0) is 16.1. The van der Waals surface area contributed by atoms with Crippen molar-refractivity contribution in [2.75, 3.05) is 32.1 Å². The van der Waals surface area contributed by atoms with Crippen LogP contribution in [0.15, 0.2) is 35.7 Å². The number of aromatic nitrogens is 1. The average molecular weight is 368 g/mol. The smallest absolute Gasteiger partial charge is 0.234 e. The number of benzene rings is 1. The number of carbonyl (C=O) groups is 1. The molecule has 0 bridgehead atoms. The van der Waals surface area contributed by atoms with Gasteiger partial charge >= 0.3 is 0 Å². The predicted octanol–water partition coefficient (Wildman–Crippen LogP) is 3.19. The minimum atomic E-state index is -0.460. The van der Waals surface area contributed by atoms with Crippen molar-refractivity contribution in [2.24, 2.45) is 5.41 Å². The lowest BCUT2D eigenvalue weighted by Gasteiger charge is -2.35. The van der Waals surface area contributed by atoms with Crippen molar-refractivity contribution >= 4 is 34.8 Å². The van der Waals surface area contributed by atoms with E-state index in [9.17, 15) is 4.79 Å². The molecule has 2 N–H and O–H groups in total. The summed E-state index contributed by atoms with van der Waals surface area (Å²) in [5.41, 5.74) is 1.48. The molecule has 1 aromatic heterocycles. The number of carbonyl (C=O) groups excluding carboxylic acids is 1. The van der Waals surface area contributed by atoms with Gasteiger partial charge < -0.3 is 15.4 Å². The third kappa shape index (κ3) is 4.13. The zero-order valence-corrected chi connectivity index (χ0v) is 15.2. The molecule has 2 heterocycles. The molecule has 0 saturated carbocycles. The summed E-state index contributed by atoms with van der Waals surface area (Å²) in [5.74, 6) is 0.00908. The summed E-state index contributed by atoms with van der Waals surface area (Å²) in [6, 6.07) is 9.97. The van der Waals surface area contributed by atoms with Crippen LogP contribution in [0.3, 0.4) is 0 Å². The highest BCUT2D eigenvalue weighted by Crippen LogP contribution is 2.32. The lowest BCUT2D eigenvalue weighted by atomic mass is 9.79. The lowest BCUT2D eigenvalue weighted by molar-refractivity contribution is -0.130. The number of nitrogens with zero attached hydrogens (tertiary/aromatic N) is 1. The minimum Gasteiger partial charge on any atom is -0.384 e. The summed E-state index contributed by atoms with van der Waals surface area (Å²) < 4.78 is 5.31. The van der Waals surface area contributed by atoms with Gasteiger partial charge in [-0.25, -0.2) is 4.98 Å². The lowest BCUT2D eigenvalue weighted by Crippen LogP contribution is -2.47. The van der Waals surface area contributed by atoms with Crippen LogP contribution in [0.25, 0.3) is 11.3 Å². The fourth-order valence-electron chi connectivity index (χ4n) is 2.92.